The molecular weight excluding hydrogens is 198 g/mol. The van der Waals surface area contributed by atoms with Gasteiger partial charge in [-0.25, -0.2) is 4.98 Å². The van der Waals surface area contributed by atoms with Crippen molar-refractivity contribution in [1.29, 1.82) is 0 Å². The lowest BCUT2D eigenvalue weighted by atomic mass is 9.93. The molecule has 1 fully saturated rings. The third kappa shape index (κ3) is 2.35. The third-order valence-corrected chi connectivity index (χ3v) is 3.30. The van der Waals surface area contributed by atoms with E-state index in [-0.39, 0.29) is 6.04 Å². The molecule has 0 amide bonds. The smallest absolute Gasteiger partial charge is 0.128 e. The van der Waals surface area contributed by atoms with Crippen LogP contribution in [-0.2, 0) is 0 Å². The average Bonchev–Trinajstić information content (AvgIpc) is 2.59. The van der Waals surface area contributed by atoms with Crippen molar-refractivity contribution in [2.75, 3.05) is 18.0 Å². The van der Waals surface area contributed by atoms with Crippen LogP contribution in [0.1, 0.15) is 38.8 Å². The summed E-state index contributed by atoms with van der Waals surface area (Å²) in [4.78, 5) is 6.79. The first-order chi connectivity index (χ1) is 7.48. The largest absolute Gasteiger partial charge is 0.356 e. The number of nitrogens with zero attached hydrogens (tertiary/aromatic N) is 2. The van der Waals surface area contributed by atoms with Crippen molar-refractivity contribution in [3.8, 4) is 0 Å². The summed E-state index contributed by atoms with van der Waals surface area (Å²) in [6.45, 7) is 8.81. The topological polar surface area (TPSA) is 42.1 Å². The predicted octanol–water partition coefficient (Wildman–Crippen LogP) is 2.34. The van der Waals surface area contributed by atoms with E-state index in [1.165, 1.54) is 6.42 Å². The first-order valence-corrected chi connectivity index (χ1v) is 5.94. The van der Waals surface area contributed by atoms with Crippen LogP contribution in [0.2, 0.25) is 0 Å². The Kier molecular flexibility index (Phi) is 2.89. The third-order valence-electron chi connectivity index (χ3n) is 3.30. The molecule has 1 aromatic rings. The molecule has 3 nitrogen and oxygen atoms in total. The molecule has 16 heavy (non-hydrogen) atoms. The van der Waals surface area contributed by atoms with Crippen molar-refractivity contribution in [1.82, 2.24) is 4.98 Å². The monoisotopic (exact) mass is 219 g/mol. The number of rotatable bonds is 2. The van der Waals surface area contributed by atoms with Crippen LogP contribution in [0.15, 0.2) is 18.3 Å². The van der Waals surface area contributed by atoms with Gasteiger partial charge in [-0.05, 0) is 36.5 Å². The van der Waals surface area contributed by atoms with E-state index in [0.717, 1.165) is 24.5 Å². The number of hydrogen-bond acceptors (Lipinski definition) is 3. The minimum absolute atomic E-state index is 0.0809. The van der Waals surface area contributed by atoms with Gasteiger partial charge < -0.3 is 10.6 Å². The second kappa shape index (κ2) is 4.06. The van der Waals surface area contributed by atoms with Gasteiger partial charge in [-0.15, -0.1) is 0 Å². The lowest BCUT2D eigenvalue weighted by molar-refractivity contribution is 0.418. The van der Waals surface area contributed by atoms with Gasteiger partial charge in [0.1, 0.15) is 5.82 Å². The molecule has 1 unspecified atom stereocenters. The van der Waals surface area contributed by atoms with Crippen LogP contribution < -0.4 is 10.6 Å². The minimum Gasteiger partial charge on any atom is -0.356 e. The van der Waals surface area contributed by atoms with E-state index >= 15 is 0 Å². The molecule has 1 aliphatic rings. The maximum absolute atomic E-state index is 5.89. The van der Waals surface area contributed by atoms with Crippen molar-refractivity contribution < 1.29 is 0 Å². The van der Waals surface area contributed by atoms with Crippen molar-refractivity contribution in [3.63, 3.8) is 0 Å². The summed E-state index contributed by atoms with van der Waals surface area (Å²) >= 11 is 0. The van der Waals surface area contributed by atoms with Crippen LogP contribution in [0, 0.1) is 5.41 Å². The molecule has 88 valence electrons. The maximum atomic E-state index is 5.89. The molecule has 3 heteroatoms. The standard InChI is InChI=1S/C13H21N3/c1-10(14)11-4-6-15-12(8-11)16-7-5-13(2,3)9-16/h4,6,8,10H,5,7,9,14H2,1-3H3. The van der Waals surface area contributed by atoms with Crippen LogP contribution in [0.4, 0.5) is 5.82 Å². The van der Waals surface area contributed by atoms with Crippen LogP contribution in [0.25, 0.3) is 0 Å². The van der Waals surface area contributed by atoms with E-state index < -0.39 is 0 Å². The fraction of sp³-hybridized carbons (Fsp3) is 0.615. The van der Waals surface area contributed by atoms with E-state index in [1.807, 2.05) is 19.2 Å². The van der Waals surface area contributed by atoms with E-state index in [9.17, 15) is 0 Å². The predicted molar refractivity (Wildman–Crippen MR) is 67.5 cm³/mol. The van der Waals surface area contributed by atoms with E-state index in [0.29, 0.717) is 5.41 Å². The van der Waals surface area contributed by atoms with Crippen LogP contribution in [0.5, 0.6) is 0 Å². The number of aromatic nitrogens is 1. The van der Waals surface area contributed by atoms with Crippen LogP contribution in [-0.4, -0.2) is 18.1 Å². The Hall–Kier alpha value is -1.09. The zero-order chi connectivity index (χ0) is 11.8. The number of nitrogens with two attached hydrogens (primary N) is 1. The lowest BCUT2D eigenvalue weighted by Crippen LogP contribution is -2.23. The SMILES string of the molecule is CC(N)c1ccnc(N2CCC(C)(C)C2)c1. The van der Waals surface area contributed by atoms with E-state index in [2.05, 4.69) is 29.8 Å². The van der Waals surface area contributed by atoms with Gasteiger partial charge in [0, 0.05) is 25.3 Å². The number of hydrogen-bond donors (Lipinski definition) is 1. The van der Waals surface area contributed by atoms with Gasteiger partial charge in [-0.1, -0.05) is 13.8 Å². The highest BCUT2D eigenvalue weighted by Gasteiger charge is 2.29. The first-order valence-electron chi connectivity index (χ1n) is 5.94. The molecule has 0 aromatic carbocycles. The molecule has 0 bridgehead atoms. The molecule has 1 atom stereocenters. The quantitative estimate of drug-likeness (QED) is 0.830. The Balaban J connectivity index is 2.19. The fourth-order valence-electron chi connectivity index (χ4n) is 2.20. The molecule has 0 spiro atoms. The van der Waals surface area contributed by atoms with E-state index in [4.69, 9.17) is 5.73 Å². The Bertz CT molecular complexity index is 371. The van der Waals surface area contributed by atoms with Gasteiger partial charge in [0.2, 0.25) is 0 Å². The maximum Gasteiger partial charge on any atom is 0.128 e. The zero-order valence-electron chi connectivity index (χ0n) is 10.4. The zero-order valence-corrected chi connectivity index (χ0v) is 10.4. The molecule has 2 rings (SSSR count). The van der Waals surface area contributed by atoms with Crippen LogP contribution >= 0.6 is 0 Å². The molecule has 0 radical (unpaired) electrons. The van der Waals surface area contributed by atoms with Crippen molar-refractivity contribution in [3.05, 3.63) is 23.9 Å². The Labute approximate surface area is 97.7 Å². The number of pyridine rings is 1. The molecular formula is C13H21N3. The summed E-state index contributed by atoms with van der Waals surface area (Å²) in [7, 11) is 0. The van der Waals surface area contributed by atoms with E-state index in [1.54, 1.807) is 0 Å². The van der Waals surface area contributed by atoms with Crippen LogP contribution in [0.3, 0.4) is 0 Å². The van der Waals surface area contributed by atoms with Gasteiger partial charge in [-0.2, -0.15) is 0 Å². The average molecular weight is 219 g/mol. The summed E-state index contributed by atoms with van der Waals surface area (Å²) in [6, 6.07) is 4.19. The minimum atomic E-state index is 0.0809. The lowest BCUT2D eigenvalue weighted by Gasteiger charge is -2.21. The van der Waals surface area contributed by atoms with Gasteiger partial charge >= 0.3 is 0 Å². The normalized spacial score (nSPS) is 21.1. The van der Waals surface area contributed by atoms with Gasteiger partial charge in [0.05, 0.1) is 0 Å². The highest BCUT2D eigenvalue weighted by atomic mass is 15.2. The summed E-state index contributed by atoms with van der Waals surface area (Å²) in [5.74, 6) is 1.07. The molecule has 1 saturated heterocycles. The molecule has 2 heterocycles. The van der Waals surface area contributed by atoms with Crippen molar-refractivity contribution in [2.24, 2.45) is 11.1 Å². The summed E-state index contributed by atoms with van der Waals surface area (Å²) < 4.78 is 0. The summed E-state index contributed by atoms with van der Waals surface area (Å²) in [6.07, 6.45) is 3.09. The first kappa shape index (κ1) is 11.4. The molecule has 0 aliphatic carbocycles. The van der Waals surface area contributed by atoms with Crippen molar-refractivity contribution in [2.45, 2.75) is 33.2 Å². The molecule has 0 saturated carbocycles. The Morgan fingerprint density at radius 2 is 2.25 bits per heavy atom. The second-order valence-corrected chi connectivity index (χ2v) is 5.57. The van der Waals surface area contributed by atoms with Gasteiger partial charge in [0.15, 0.2) is 0 Å². The number of anilines is 1. The summed E-state index contributed by atoms with van der Waals surface area (Å²) in [5, 5.41) is 0. The summed E-state index contributed by atoms with van der Waals surface area (Å²) in [5.41, 5.74) is 7.46. The molecule has 1 aromatic heterocycles. The van der Waals surface area contributed by atoms with Crippen molar-refractivity contribution >= 4 is 5.82 Å². The Morgan fingerprint density at radius 1 is 1.50 bits per heavy atom. The fourth-order valence-corrected chi connectivity index (χ4v) is 2.20. The highest BCUT2D eigenvalue weighted by molar-refractivity contribution is 5.43. The Morgan fingerprint density at radius 3 is 2.81 bits per heavy atom. The van der Waals surface area contributed by atoms with Gasteiger partial charge in [0.25, 0.3) is 0 Å². The van der Waals surface area contributed by atoms with Gasteiger partial charge in [-0.3, -0.25) is 0 Å². The molecule has 1 aliphatic heterocycles. The second-order valence-electron chi connectivity index (χ2n) is 5.57. The molecule has 2 N–H and O–H groups in total. The highest BCUT2D eigenvalue weighted by Crippen LogP contribution is 2.31.